The lowest BCUT2D eigenvalue weighted by Gasteiger charge is -2.38. The van der Waals surface area contributed by atoms with Crippen LogP contribution < -0.4 is 5.73 Å². The number of hydrogen-bond acceptors (Lipinski definition) is 6. The minimum atomic E-state index is -1.03. The fraction of sp³-hybridized carbons (Fsp3) is 0.400. The van der Waals surface area contributed by atoms with Crippen LogP contribution in [0, 0.1) is 28.9 Å². The molecule has 3 heterocycles. The molecule has 1 aromatic carbocycles. The quantitative estimate of drug-likeness (QED) is 0.362. The van der Waals surface area contributed by atoms with Crippen molar-refractivity contribution >= 4 is 5.52 Å². The van der Waals surface area contributed by atoms with E-state index in [1.54, 1.807) is 50.0 Å². The van der Waals surface area contributed by atoms with Crippen molar-refractivity contribution in [3.63, 3.8) is 0 Å². The van der Waals surface area contributed by atoms with Crippen molar-refractivity contribution < 1.29 is 13.5 Å². The number of aromatic nitrogens is 4. The maximum atomic E-state index is 15.2. The van der Waals surface area contributed by atoms with Crippen LogP contribution in [0.5, 0.6) is 0 Å². The largest absolute Gasteiger partial charge is 0.380 e. The van der Waals surface area contributed by atoms with Gasteiger partial charge in [0.1, 0.15) is 17.5 Å². The smallest absolute Gasteiger partial charge is 0.135 e. The molecule has 39 heavy (non-hydrogen) atoms. The number of nitrogens with two attached hydrogens (primary N) is 1. The van der Waals surface area contributed by atoms with Gasteiger partial charge in [-0.1, -0.05) is 6.92 Å². The molecule has 1 aliphatic carbocycles. The molecule has 0 saturated heterocycles. The number of nitrogens with zero attached hydrogens (tertiary/aromatic N) is 5. The third kappa shape index (κ3) is 5.02. The zero-order chi connectivity index (χ0) is 27.9. The van der Waals surface area contributed by atoms with Crippen molar-refractivity contribution in [1.82, 2.24) is 19.6 Å². The highest BCUT2D eigenvalue weighted by Gasteiger charge is 2.35. The summed E-state index contributed by atoms with van der Waals surface area (Å²) in [5, 5.41) is 14.0. The molecule has 0 bridgehead atoms. The van der Waals surface area contributed by atoms with Crippen LogP contribution in [-0.2, 0) is 16.6 Å². The minimum Gasteiger partial charge on any atom is -0.380 e. The number of hydrogen-bond donors (Lipinski definition) is 1. The standard InChI is InChI=1S/C30H32F2N6O/c1-17-9-18(10-25(34)29(17)39-4)22-7-8-35-14-19(22)11-27-36-15-21-5-6-26(37-38(21)27)28-23(31)12-20(13-24(28)32)30(2,3)16-33/h5-8,12-15,17-18,25,29H,9-11,34H2,1-4H3/t17-,18+,25+,29-/m0/s1. The van der Waals surface area contributed by atoms with Gasteiger partial charge in [-0.05, 0) is 85.5 Å². The van der Waals surface area contributed by atoms with Gasteiger partial charge in [0.05, 0.1) is 40.6 Å². The van der Waals surface area contributed by atoms with E-state index in [0.717, 1.165) is 18.4 Å². The number of halogens is 2. The van der Waals surface area contributed by atoms with Crippen LogP contribution >= 0.6 is 0 Å². The van der Waals surface area contributed by atoms with Crippen molar-refractivity contribution in [2.75, 3.05) is 7.11 Å². The maximum Gasteiger partial charge on any atom is 0.135 e. The number of nitriles is 1. The molecule has 9 heteroatoms. The lowest BCUT2D eigenvalue weighted by atomic mass is 9.74. The molecule has 4 atom stereocenters. The number of pyridine rings is 1. The number of rotatable bonds is 6. The van der Waals surface area contributed by atoms with Crippen molar-refractivity contribution in [1.29, 1.82) is 5.26 Å². The Morgan fingerprint density at radius 3 is 2.56 bits per heavy atom. The zero-order valence-electron chi connectivity index (χ0n) is 22.5. The highest BCUT2D eigenvalue weighted by molar-refractivity contribution is 5.63. The van der Waals surface area contributed by atoms with E-state index < -0.39 is 17.0 Å². The fourth-order valence-electron chi connectivity index (χ4n) is 5.81. The number of ether oxygens (including phenoxy) is 1. The SMILES string of the molecule is CO[C@@H]1[C@H](N)C[C@H](c2ccncc2Cc2ncc3ccc(-c4c(F)cc(C(C)(C)C#N)cc4F)nn23)C[C@@H]1C. The van der Waals surface area contributed by atoms with Crippen LogP contribution in [0.3, 0.4) is 0 Å². The number of imidazole rings is 1. The topological polar surface area (TPSA) is 102 Å². The monoisotopic (exact) mass is 530 g/mol. The van der Waals surface area contributed by atoms with E-state index >= 15 is 8.78 Å². The zero-order valence-corrected chi connectivity index (χ0v) is 22.5. The summed E-state index contributed by atoms with van der Waals surface area (Å²) in [4.78, 5) is 8.93. The van der Waals surface area contributed by atoms with Crippen LogP contribution in [0.1, 0.15) is 62.0 Å². The van der Waals surface area contributed by atoms with Crippen LogP contribution in [0.25, 0.3) is 16.8 Å². The first kappa shape index (κ1) is 26.9. The third-order valence-electron chi connectivity index (χ3n) is 7.95. The molecular weight excluding hydrogens is 498 g/mol. The van der Waals surface area contributed by atoms with E-state index in [-0.39, 0.29) is 34.9 Å². The lowest BCUT2D eigenvalue weighted by Crippen LogP contribution is -2.45. The van der Waals surface area contributed by atoms with E-state index in [9.17, 15) is 5.26 Å². The first-order valence-corrected chi connectivity index (χ1v) is 13.1. The van der Waals surface area contributed by atoms with E-state index in [4.69, 9.17) is 10.5 Å². The van der Waals surface area contributed by atoms with Gasteiger partial charge in [-0.3, -0.25) is 4.98 Å². The normalized spacial score (nSPS) is 21.7. The summed E-state index contributed by atoms with van der Waals surface area (Å²) in [6.45, 7) is 5.40. The maximum absolute atomic E-state index is 15.2. The average Bonchev–Trinajstić information content (AvgIpc) is 3.30. The summed E-state index contributed by atoms with van der Waals surface area (Å²) in [6, 6.07) is 9.78. The molecule has 1 aliphatic rings. The highest BCUT2D eigenvalue weighted by Crippen LogP contribution is 2.38. The summed E-state index contributed by atoms with van der Waals surface area (Å²) in [7, 11) is 1.71. The summed E-state index contributed by atoms with van der Waals surface area (Å²) >= 11 is 0. The second kappa shape index (κ2) is 10.4. The van der Waals surface area contributed by atoms with Gasteiger partial charge >= 0.3 is 0 Å². The summed E-state index contributed by atoms with van der Waals surface area (Å²) in [5.41, 5.74) is 8.49. The molecular formula is C30H32F2N6O. The summed E-state index contributed by atoms with van der Waals surface area (Å²) in [5.74, 6) is -0.334. The van der Waals surface area contributed by atoms with Gasteiger partial charge in [0.15, 0.2) is 0 Å². The number of methoxy groups -OCH3 is 1. The van der Waals surface area contributed by atoms with E-state index in [0.29, 0.717) is 23.7 Å². The molecule has 2 N–H and O–H groups in total. The van der Waals surface area contributed by atoms with E-state index in [1.807, 2.05) is 12.3 Å². The molecule has 0 unspecified atom stereocenters. The van der Waals surface area contributed by atoms with Gasteiger partial charge in [0.25, 0.3) is 0 Å². The first-order chi connectivity index (χ1) is 18.6. The molecule has 1 fully saturated rings. The van der Waals surface area contributed by atoms with Gasteiger partial charge in [-0.15, -0.1) is 0 Å². The lowest BCUT2D eigenvalue weighted by molar-refractivity contribution is 0.00970. The Bertz CT molecular complexity index is 1520. The van der Waals surface area contributed by atoms with Crippen molar-refractivity contribution in [2.24, 2.45) is 11.7 Å². The van der Waals surface area contributed by atoms with Crippen LogP contribution in [0.2, 0.25) is 0 Å². The van der Waals surface area contributed by atoms with Gasteiger partial charge in [-0.2, -0.15) is 10.4 Å². The summed E-state index contributed by atoms with van der Waals surface area (Å²) < 4.78 is 37.6. The molecule has 0 radical (unpaired) electrons. The fourth-order valence-corrected chi connectivity index (χ4v) is 5.81. The van der Waals surface area contributed by atoms with Crippen LogP contribution in [0.4, 0.5) is 8.78 Å². The van der Waals surface area contributed by atoms with Crippen molar-refractivity contribution in [2.45, 2.75) is 63.5 Å². The summed E-state index contributed by atoms with van der Waals surface area (Å²) in [6.07, 6.45) is 7.56. The van der Waals surface area contributed by atoms with Crippen molar-refractivity contribution in [3.8, 4) is 17.3 Å². The molecule has 0 spiro atoms. The first-order valence-electron chi connectivity index (χ1n) is 13.1. The van der Waals surface area contributed by atoms with E-state index in [1.165, 1.54) is 17.7 Å². The predicted molar refractivity (Wildman–Crippen MR) is 144 cm³/mol. The molecule has 0 aliphatic heterocycles. The molecule has 3 aromatic heterocycles. The molecule has 5 rings (SSSR count). The highest BCUT2D eigenvalue weighted by atomic mass is 19.1. The van der Waals surface area contributed by atoms with E-state index in [2.05, 4.69) is 28.1 Å². The van der Waals surface area contributed by atoms with Gasteiger partial charge in [0, 0.05) is 32.0 Å². The predicted octanol–water partition coefficient (Wildman–Crippen LogP) is 5.32. The number of benzene rings is 1. The second-order valence-corrected chi connectivity index (χ2v) is 11.0. The Balaban J connectivity index is 1.49. The minimum absolute atomic E-state index is 0.0335. The molecule has 7 nitrogen and oxygen atoms in total. The Labute approximate surface area is 226 Å². The second-order valence-electron chi connectivity index (χ2n) is 11.0. The Morgan fingerprint density at radius 1 is 1.15 bits per heavy atom. The number of fused-ring (bicyclic) bond motifs is 1. The molecule has 0 amide bonds. The van der Waals surface area contributed by atoms with Crippen molar-refractivity contribution in [3.05, 3.63) is 83.1 Å². The van der Waals surface area contributed by atoms with Crippen LogP contribution in [-0.4, -0.2) is 38.8 Å². The Hall–Kier alpha value is -3.74. The van der Waals surface area contributed by atoms with Gasteiger partial charge < -0.3 is 10.5 Å². The van der Waals surface area contributed by atoms with Gasteiger partial charge in [0.2, 0.25) is 0 Å². The molecule has 4 aromatic rings. The Kier molecular flexibility index (Phi) is 7.19. The Morgan fingerprint density at radius 2 is 1.90 bits per heavy atom. The third-order valence-corrected chi connectivity index (χ3v) is 7.95. The average molecular weight is 531 g/mol. The molecule has 1 saturated carbocycles. The van der Waals surface area contributed by atoms with Crippen LogP contribution in [0.15, 0.2) is 48.9 Å². The molecule has 202 valence electrons. The van der Waals surface area contributed by atoms with Gasteiger partial charge in [-0.25, -0.2) is 18.3 Å².